The van der Waals surface area contributed by atoms with Crippen LogP contribution in [0.5, 0.6) is 11.5 Å². The van der Waals surface area contributed by atoms with E-state index in [4.69, 9.17) is 9.47 Å². The Morgan fingerprint density at radius 3 is 2.65 bits per heavy atom. The summed E-state index contributed by atoms with van der Waals surface area (Å²) in [7, 11) is 1.59. The van der Waals surface area contributed by atoms with Crippen molar-refractivity contribution in [2.24, 2.45) is 5.92 Å². The number of methoxy groups -OCH3 is 1. The zero-order chi connectivity index (χ0) is 14.2. The lowest BCUT2D eigenvalue weighted by molar-refractivity contribution is -0.147. The van der Waals surface area contributed by atoms with E-state index in [1.165, 1.54) is 12.8 Å². The summed E-state index contributed by atoms with van der Waals surface area (Å²) in [5.74, 6) is 1.13. The largest absolute Gasteiger partial charge is 0.493 e. The SMILES string of the molecule is COc1cccc(C2(C(=O)O)CCC2)c1OCC1CC1. The van der Waals surface area contributed by atoms with E-state index in [0.717, 1.165) is 12.0 Å². The van der Waals surface area contributed by atoms with Crippen LogP contribution in [0.25, 0.3) is 0 Å². The van der Waals surface area contributed by atoms with Crippen LogP contribution >= 0.6 is 0 Å². The van der Waals surface area contributed by atoms with Crippen molar-refractivity contribution in [3.63, 3.8) is 0 Å². The van der Waals surface area contributed by atoms with Gasteiger partial charge in [-0.2, -0.15) is 0 Å². The van der Waals surface area contributed by atoms with Gasteiger partial charge < -0.3 is 14.6 Å². The van der Waals surface area contributed by atoms with E-state index < -0.39 is 11.4 Å². The van der Waals surface area contributed by atoms with Crippen molar-refractivity contribution in [3.8, 4) is 11.5 Å². The Balaban J connectivity index is 1.97. The number of hydrogen-bond donors (Lipinski definition) is 1. The fourth-order valence-electron chi connectivity index (χ4n) is 2.82. The van der Waals surface area contributed by atoms with Gasteiger partial charge in [0.05, 0.1) is 19.1 Å². The third kappa shape index (κ3) is 2.13. The second-order valence-corrected chi connectivity index (χ2v) is 5.83. The lowest BCUT2D eigenvalue weighted by atomic mass is 9.64. The molecule has 1 aromatic rings. The first-order valence-corrected chi connectivity index (χ1v) is 7.21. The van der Waals surface area contributed by atoms with Gasteiger partial charge in [-0.25, -0.2) is 0 Å². The van der Waals surface area contributed by atoms with E-state index >= 15 is 0 Å². The molecule has 1 aromatic carbocycles. The molecule has 2 fully saturated rings. The highest BCUT2D eigenvalue weighted by atomic mass is 16.5. The number of benzene rings is 1. The first kappa shape index (κ1) is 13.3. The van der Waals surface area contributed by atoms with Gasteiger partial charge in [0.15, 0.2) is 11.5 Å². The first-order chi connectivity index (χ1) is 9.67. The molecule has 1 N–H and O–H groups in total. The molecule has 0 atom stereocenters. The zero-order valence-corrected chi connectivity index (χ0v) is 11.7. The van der Waals surface area contributed by atoms with Crippen molar-refractivity contribution < 1.29 is 19.4 Å². The minimum atomic E-state index is -0.784. The highest BCUT2D eigenvalue weighted by Crippen LogP contribution is 2.50. The smallest absolute Gasteiger partial charge is 0.314 e. The van der Waals surface area contributed by atoms with Crippen molar-refractivity contribution in [2.75, 3.05) is 13.7 Å². The van der Waals surface area contributed by atoms with Crippen LogP contribution in [-0.2, 0) is 10.2 Å². The summed E-state index contributed by atoms with van der Waals surface area (Å²) in [6.07, 6.45) is 4.71. The molecule has 4 nitrogen and oxygen atoms in total. The predicted octanol–water partition coefficient (Wildman–Crippen LogP) is 2.99. The van der Waals surface area contributed by atoms with Gasteiger partial charge in [-0.3, -0.25) is 4.79 Å². The molecule has 2 aliphatic rings. The molecule has 20 heavy (non-hydrogen) atoms. The standard InChI is InChI=1S/C16H20O4/c1-19-13-5-2-4-12(14(13)20-10-11-6-7-11)16(15(17)18)8-3-9-16/h2,4-5,11H,3,6-10H2,1H3,(H,17,18). The number of aliphatic carboxylic acids is 1. The van der Waals surface area contributed by atoms with Gasteiger partial charge in [0, 0.05) is 5.56 Å². The lowest BCUT2D eigenvalue weighted by Crippen LogP contribution is -2.42. The molecular weight excluding hydrogens is 256 g/mol. The molecule has 0 saturated heterocycles. The van der Waals surface area contributed by atoms with Crippen LogP contribution in [0.1, 0.15) is 37.7 Å². The maximum atomic E-state index is 11.7. The van der Waals surface area contributed by atoms with Crippen LogP contribution in [0.15, 0.2) is 18.2 Å². The van der Waals surface area contributed by atoms with Gasteiger partial charge in [0.1, 0.15) is 0 Å². The maximum Gasteiger partial charge on any atom is 0.314 e. The van der Waals surface area contributed by atoms with E-state index in [1.54, 1.807) is 7.11 Å². The Morgan fingerprint density at radius 2 is 2.15 bits per heavy atom. The van der Waals surface area contributed by atoms with E-state index in [1.807, 2.05) is 18.2 Å². The number of hydrogen-bond acceptors (Lipinski definition) is 3. The molecule has 3 rings (SSSR count). The number of carboxylic acid groups (broad SMARTS) is 1. The second kappa shape index (κ2) is 5.00. The summed E-state index contributed by atoms with van der Waals surface area (Å²) in [5, 5.41) is 9.62. The van der Waals surface area contributed by atoms with E-state index in [0.29, 0.717) is 36.9 Å². The molecule has 0 bridgehead atoms. The van der Waals surface area contributed by atoms with Gasteiger partial charge in [0.25, 0.3) is 0 Å². The van der Waals surface area contributed by atoms with Gasteiger partial charge in [-0.05, 0) is 37.7 Å². The quantitative estimate of drug-likeness (QED) is 0.867. The zero-order valence-electron chi connectivity index (χ0n) is 11.7. The molecule has 0 amide bonds. The number of carboxylic acids is 1. The highest BCUT2D eigenvalue weighted by Gasteiger charge is 2.48. The molecule has 0 spiro atoms. The Hall–Kier alpha value is -1.71. The number of rotatable bonds is 6. The van der Waals surface area contributed by atoms with E-state index in [9.17, 15) is 9.90 Å². The average Bonchev–Trinajstić information content (AvgIpc) is 3.19. The Bertz CT molecular complexity index is 515. The minimum absolute atomic E-state index is 0.620. The normalized spacial score (nSPS) is 20.1. The first-order valence-electron chi connectivity index (χ1n) is 7.21. The molecule has 0 radical (unpaired) electrons. The molecule has 0 aliphatic heterocycles. The van der Waals surface area contributed by atoms with E-state index in [-0.39, 0.29) is 0 Å². The Labute approximate surface area is 118 Å². The molecule has 4 heteroatoms. The maximum absolute atomic E-state index is 11.7. The molecular formula is C16H20O4. The molecule has 108 valence electrons. The van der Waals surface area contributed by atoms with Gasteiger partial charge in [-0.15, -0.1) is 0 Å². The van der Waals surface area contributed by atoms with Crippen LogP contribution in [-0.4, -0.2) is 24.8 Å². The van der Waals surface area contributed by atoms with Crippen LogP contribution in [0.2, 0.25) is 0 Å². The summed E-state index contributed by atoms with van der Waals surface area (Å²) in [5.41, 5.74) is -0.01000. The molecule has 2 aliphatic carbocycles. The summed E-state index contributed by atoms with van der Waals surface area (Å²) >= 11 is 0. The molecule has 0 aromatic heterocycles. The van der Waals surface area contributed by atoms with Crippen molar-refractivity contribution in [1.29, 1.82) is 0 Å². The summed E-state index contributed by atoms with van der Waals surface area (Å²) in [6.45, 7) is 0.656. The fraction of sp³-hybridized carbons (Fsp3) is 0.562. The highest BCUT2D eigenvalue weighted by molar-refractivity contribution is 5.84. The summed E-state index contributed by atoms with van der Waals surface area (Å²) in [6, 6.07) is 5.55. The topological polar surface area (TPSA) is 55.8 Å². The van der Waals surface area contributed by atoms with Gasteiger partial charge in [-0.1, -0.05) is 18.6 Å². The minimum Gasteiger partial charge on any atom is -0.493 e. The number of para-hydroxylation sites is 1. The Kier molecular flexibility index (Phi) is 3.32. The van der Waals surface area contributed by atoms with Crippen molar-refractivity contribution in [2.45, 2.75) is 37.5 Å². The van der Waals surface area contributed by atoms with Crippen molar-refractivity contribution in [1.82, 2.24) is 0 Å². The molecule has 2 saturated carbocycles. The van der Waals surface area contributed by atoms with Gasteiger partial charge in [0.2, 0.25) is 0 Å². The fourth-order valence-corrected chi connectivity index (χ4v) is 2.82. The summed E-state index contributed by atoms with van der Waals surface area (Å²) < 4.78 is 11.3. The monoisotopic (exact) mass is 276 g/mol. The van der Waals surface area contributed by atoms with Crippen LogP contribution in [0.3, 0.4) is 0 Å². The van der Waals surface area contributed by atoms with Crippen molar-refractivity contribution >= 4 is 5.97 Å². The average molecular weight is 276 g/mol. The third-order valence-electron chi connectivity index (χ3n) is 4.49. The van der Waals surface area contributed by atoms with Crippen molar-refractivity contribution in [3.05, 3.63) is 23.8 Å². The molecule has 0 unspecified atom stereocenters. The van der Waals surface area contributed by atoms with Crippen LogP contribution < -0.4 is 9.47 Å². The lowest BCUT2D eigenvalue weighted by Gasteiger charge is -2.39. The Morgan fingerprint density at radius 1 is 1.40 bits per heavy atom. The third-order valence-corrected chi connectivity index (χ3v) is 4.49. The van der Waals surface area contributed by atoms with Crippen LogP contribution in [0, 0.1) is 5.92 Å². The number of carbonyl (C=O) groups is 1. The summed E-state index contributed by atoms with van der Waals surface area (Å²) in [4.78, 5) is 11.7. The predicted molar refractivity (Wildman–Crippen MR) is 74.4 cm³/mol. The van der Waals surface area contributed by atoms with E-state index in [2.05, 4.69) is 0 Å². The second-order valence-electron chi connectivity index (χ2n) is 5.83. The number of ether oxygens (including phenoxy) is 2. The molecule has 0 heterocycles. The van der Waals surface area contributed by atoms with Gasteiger partial charge >= 0.3 is 5.97 Å². The van der Waals surface area contributed by atoms with Crippen LogP contribution in [0.4, 0.5) is 0 Å².